The topological polar surface area (TPSA) is 70.9 Å². The summed E-state index contributed by atoms with van der Waals surface area (Å²) in [5.41, 5.74) is 10.5. The lowest BCUT2D eigenvalue weighted by Crippen LogP contribution is -2.46. The van der Waals surface area contributed by atoms with Crippen molar-refractivity contribution >= 4 is 5.96 Å². The molecular formula is C10H23N5. The Bertz CT molecular complexity index is 192. The molecule has 0 spiro atoms. The van der Waals surface area contributed by atoms with Crippen molar-refractivity contribution < 1.29 is 0 Å². The molecule has 5 nitrogen and oxygen atoms in total. The molecule has 0 amide bonds. The Balaban J connectivity index is 2.06. The van der Waals surface area contributed by atoms with Crippen molar-refractivity contribution in [3.8, 4) is 0 Å². The summed E-state index contributed by atoms with van der Waals surface area (Å²) in [4.78, 5) is 8.93. The van der Waals surface area contributed by atoms with E-state index in [2.05, 4.69) is 21.7 Å². The van der Waals surface area contributed by atoms with Gasteiger partial charge in [0.15, 0.2) is 5.96 Å². The minimum Gasteiger partial charge on any atom is -0.370 e. The first-order chi connectivity index (χ1) is 7.22. The van der Waals surface area contributed by atoms with Gasteiger partial charge in [-0.25, -0.2) is 0 Å². The minimum absolute atomic E-state index is 0.200. The zero-order valence-corrected chi connectivity index (χ0v) is 9.65. The van der Waals surface area contributed by atoms with Crippen molar-refractivity contribution in [1.29, 1.82) is 0 Å². The zero-order chi connectivity index (χ0) is 11.1. The average Bonchev–Trinajstić information content (AvgIpc) is 2.25. The molecule has 4 N–H and O–H groups in total. The van der Waals surface area contributed by atoms with Crippen LogP contribution in [0.4, 0.5) is 0 Å². The van der Waals surface area contributed by atoms with Gasteiger partial charge >= 0.3 is 0 Å². The number of hydrogen-bond acceptors (Lipinski definition) is 3. The lowest BCUT2D eigenvalue weighted by Gasteiger charge is -2.33. The molecule has 1 aliphatic rings. The third-order valence-electron chi connectivity index (χ3n) is 2.84. The molecule has 0 radical (unpaired) electrons. The Morgan fingerprint density at radius 3 is 2.27 bits per heavy atom. The molecule has 0 atom stereocenters. The summed E-state index contributed by atoms with van der Waals surface area (Å²) in [6.45, 7) is 9.98. The number of nitrogens with two attached hydrogens (primary N) is 2. The predicted octanol–water partition coefficient (Wildman–Crippen LogP) is -0.713. The quantitative estimate of drug-likeness (QED) is 0.359. The molecule has 1 heterocycles. The molecule has 5 heteroatoms. The zero-order valence-electron chi connectivity index (χ0n) is 9.65. The van der Waals surface area contributed by atoms with E-state index in [9.17, 15) is 0 Å². The van der Waals surface area contributed by atoms with Gasteiger partial charge in [0, 0.05) is 39.3 Å². The molecule has 1 rings (SSSR count). The summed E-state index contributed by atoms with van der Waals surface area (Å²) in [6, 6.07) is 0. The highest BCUT2D eigenvalue weighted by atomic mass is 15.3. The predicted molar refractivity (Wildman–Crippen MR) is 63.8 cm³/mol. The van der Waals surface area contributed by atoms with Gasteiger partial charge in [0.25, 0.3) is 0 Å². The first kappa shape index (κ1) is 12.3. The van der Waals surface area contributed by atoms with Gasteiger partial charge in [0.05, 0.1) is 0 Å². The van der Waals surface area contributed by atoms with Crippen LogP contribution in [0.25, 0.3) is 0 Å². The highest BCUT2D eigenvalue weighted by molar-refractivity contribution is 5.75. The molecule has 88 valence electrons. The lowest BCUT2D eigenvalue weighted by molar-refractivity contribution is 0.137. The molecule has 1 fully saturated rings. The summed E-state index contributed by atoms with van der Waals surface area (Å²) in [5.74, 6) is 0.200. The second kappa shape index (κ2) is 6.63. The van der Waals surface area contributed by atoms with E-state index in [1.807, 2.05) is 0 Å². The number of guanidine groups is 1. The van der Waals surface area contributed by atoms with Crippen LogP contribution in [0.15, 0.2) is 4.99 Å². The summed E-state index contributed by atoms with van der Waals surface area (Å²) < 4.78 is 0. The second-order valence-electron chi connectivity index (χ2n) is 3.94. The summed E-state index contributed by atoms with van der Waals surface area (Å²) >= 11 is 0. The van der Waals surface area contributed by atoms with Gasteiger partial charge in [-0.2, -0.15) is 0 Å². The molecule has 1 saturated heterocycles. The Kier molecular flexibility index (Phi) is 5.42. The van der Waals surface area contributed by atoms with Crippen LogP contribution in [0.5, 0.6) is 0 Å². The van der Waals surface area contributed by atoms with Gasteiger partial charge in [-0.3, -0.25) is 4.99 Å². The van der Waals surface area contributed by atoms with Crippen LogP contribution in [0.1, 0.15) is 13.3 Å². The number of likely N-dealkylation sites (N-methyl/N-ethyl adjacent to an activating group) is 1. The molecule has 0 unspecified atom stereocenters. The smallest absolute Gasteiger partial charge is 0.185 e. The highest BCUT2D eigenvalue weighted by Crippen LogP contribution is 2.01. The summed E-state index contributed by atoms with van der Waals surface area (Å²) in [6.07, 6.45) is 1.05. The first-order valence-electron chi connectivity index (χ1n) is 5.72. The average molecular weight is 213 g/mol. The SMILES string of the molecule is CCN1CCN(CCCN=C(N)N)CC1. The van der Waals surface area contributed by atoms with Crippen molar-refractivity contribution in [3.63, 3.8) is 0 Å². The number of rotatable bonds is 5. The molecule has 15 heavy (non-hydrogen) atoms. The van der Waals surface area contributed by atoms with E-state index in [4.69, 9.17) is 11.5 Å². The van der Waals surface area contributed by atoms with Crippen LogP contribution >= 0.6 is 0 Å². The van der Waals surface area contributed by atoms with Gasteiger partial charge in [-0.05, 0) is 13.0 Å². The van der Waals surface area contributed by atoms with Crippen LogP contribution in [-0.4, -0.2) is 61.6 Å². The fourth-order valence-electron chi connectivity index (χ4n) is 1.83. The van der Waals surface area contributed by atoms with Crippen molar-refractivity contribution in [1.82, 2.24) is 9.80 Å². The second-order valence-corrected chi connectivity index (χ2v) is 3.94. The molecule has 1 aliphatic heterocycles. The van der Waals surface area contributed by atoms with Gasteiger partial charge in [0.2, 0.25) is 0 Å². The standard InChI is InChI=1S/C10H23N5/c1-2-14-6-8-15(9-7-14)5-3-4-13-10(11)12/h2-9H2,1H3,(H4,11,12,13). The molecule has 0 saturated carbocycles. The van der Waals surface area contributed by atoms with E-state index in [-0.39, 0.29) is 5.96 Å². The highest BCUT2D eigenvalue weighted by Gasteiger charge is 2.14. The number of hydrogen-bond donors (Lipinski definition) is 2. The normalized spacial score (nSPS) is 19.0. The maximum Gasteiger partial charge on any atom is 0.185 e. The van der Waals surface area contributed by atoms with Crippen molar-refractivity contribution in [2.75, 3.05) is 45.8 Å². The molecule has 0 bridgehead atoms. The van der Waals surface area contributed by atoms with Gasteiger partial charge in [0.1, 0.15) is 0 Å². The van der Waals surface area contributed by atoms with Gasteiger partial charge < -0.3 is 21.3 Å². The van der Waals surface area contributed by atoms with Crippen LogP contribution in [0.3, 0.4) is 0 Å². The molecular weight excluding hydrogens is 190 g/mol. The molecule has 0 aromatic carbocycles. The number of aliphatic imine (C=N–C) groups is 1. The van der Waals surface area contributed by atoms with Crippen molar-refractivity contribution in [2.45, 2.75) is 13.3 Å². The van der Waals surface area contributed by atoms with E-state index in [1.54, 1.807) is 0 Å². The first-order valence-corrected chi connectivity index (χ1v) is 5.72. The molecule has 0 aromatic rings. The van der Waals surface area contributed by atoms with Gasteiger partial charge in [-0.1, -0.05) is 6.92 Å². The Labute approximate surface area is 92.1 Å². The van der Waals surface area contributed by atoms with Crippen molar-refractivity contribution in [2.24, 2.45) is 16.5 Å². The largest absolute Gasteiger partial charge is 0.370 e. The Morgan fingerprint density at radius 1 is 1.13 bits per heavy atom. The summed E-state index contributed by atoms with van der Waals surface area (Å²) in [7, 11) is 0. The van der Waals surface area contributed by atoms with Crippen LogP contribution in [0, 0.1) is 0 Å². The monoisotopic (exact) mass is 213 g/mol. The van der Waals surface area contributed by atoms with E-state index >= 15 is 0 Å². The van der Waals surface area contributed by atoms with Crippen LogP contribution in [0.2, 0.25) is 0 Å². The van der Waals surface area contributed by atoms with E-state index in [1.165, 1.54) is 32.7 Å². The van der Waals surface area contributed by atoms with E-state index < -0.39 is 0 Å². The van der Waals surface area contributed by atoms with E-state index in [0.717, 1.165) is 19.5 Å². The van der Waals surface area contributed by atoms with Crippen LogP contribution < -0.4 is 11.5 Å². The fourth-order valence-corrected chi connectivity index (χ4v) is 1.83. The lowest BCUT2D eigenvalue weighted by atomic mass is 10.3. The Hall–Kier alpha value is -0.810. The number of piperazine rings is 1. The van der Waals surface area contributed by atoms with Crippen LogP contribution in [-0.2, 0) is 0 Å². The van der Waals surface area contributed by atoms with Crippen molar-refractivity contribution in [3.05, 3.63) is 0 Å². The maximum absolute atomic E-state index is 5.26. The summed E-state index contributed by atoms with van der Waals surface area (Å²) in [5, 5.41) is 0. The maximum atomic E-state index is 5.26. The van der Waals surface area contributed by atoms with E-state index in [0.29, 0.717) is 0 Å². The molecule has 0 aliphatic carbocycles. The third-order valence-corrected chi connectivity index (χ3v) is 2.84. The van der Waals surface area contributed by atoms with Gasteiger partial charge in [-0.15, -0.1) is 0 Å². The Morgan fingerprint density at radius 2 is 1.73 bits per heavy atom. The fraction of sp³-hybridized carbons (Fsp3) is 0.900. The third kappa shape index (κ3) is 4.99. The molecule has 0 aromatic heterocycles. The number of nitrogens with zero attached hydrogens (tertiary/aromatic N) is 3. The minimum atomic E-state index is 0.200.